The maximum absolute atomic E-state index is 11.5. The van der Waals surface area contributed by atoms with Crippen molar-refractivity contribution in [2.24, 2.45) is 0 Å². The van der Waals surface area contributed by atoms with Crippen molar-refractivity contribution in [2.75, 3.05) is 11.4 Å². The number of anilines is 1. The van der Waals surface area contributed by atoms with E-state index in [0.717, 1.165) is 11.3 Å². The second-order valence-corrected chi connectivity index (χ2v) is 2.99. The first-order valence-corrected chi connectivity index (χ1v) is 4.14. The summed E-state index contributed by atoms with van der Waals surface area (Å²) < 4.78 is 0. The second-order valence-electron chi connectivity index (χ2n) is 2.99. The van der Waals surface area contributed by atoms with Crippen molar-refractivity contribution in [1.82, 2.24) is 0 Å². The van der Waals surface area contributed by atoms with Crippen LogP contribution in [0.1, 0.15) is 13.0 Å². The van der Waals surface area contributed by atoms with Gasteiger partial charge in [0.25, 0.3) is 0 Å². The summed E-state index contributed by atoms with van der Waals surface area (Å²) >= 11 is 0. The van der Waals surface area contributed by atoms with E-state index >= 15 is 0 Å². The van der Waals surface area contributed by atoms with E-state index in [2.05, 4.69) is 5.92 Å². The monoisotopic (exact) mass is 187 g/mol. The summed E-state index contributed by atoms with van der Waals surface area (Å²) in [6.07, 6.45) is 5.67. The minimum atomic E-state index is 0. The number of benzene rings is 1. The number of para-hydroxylation sites is 1. The summed E-state index contributed by atoms with van der Waals surface area (Å²) in [5.41, 5.74) is 2.04. The van der Waals surface area contributed by atoms with Gasteiger partial charge in [-0.1, -0.05) is 31.5 Å². The number of carbonyl (C=O) groups excluding carboxylic acids is 1. The number of amides is 1. The van der Waals surface area contributed by atoms with Crippen LogP contribution in [0.4, 0.5) is 5.69 Å². The molecule has 0 fully saturated rings. The third-order valence-corrected chi connectivity index (χ3v) is 2.17. The zero-order valence-corrected chi connectivity index (χ0v) is 7.16. The standard InChI is InChI=1S/C11H9NO.CH4/c1-2-7-12-10-6-4-3-5-9(10)8-11(12)13;/h1,3-6H,7-8H2;1H4. The van der Waals surface area contributed by atoms with E-state index in [1.165, 1.54) is 0 Å². The molecule has 0 saturated carbocycles. The normalized spacial score (nSPS) is 13.1. The summed E-state index contributed by atoms with van der Waals surface area (Å²) in [6, 6.07) is 7.74. The van der Waals surface area contributed by atoms with Crippen molar-refractivity contribution in [2.45, 2.75) is 13.8 Å². The number of hydrogen-bond donors (Lipinski definition) is 0. The number of hydrogen-bond acceptors (Lipinski definition) is 1. The summed E-state index contributed by atoms with van der Waals surface area (Å²) in [7, 11) is 0. The highest BCUT2D eigenvalue weighted by atomic mass is 16.2. The SMILES string of the molecule is C.C#CCN1C(=O)Cc2ccccc21. The third-order valence-electron chi connectivity index (χ3n) is 2.17. The zero-order chi connectivity index (χ0) is 9.26. The molecule has 0 unspecified atom stereocenters. The smallest absolute Gasteiger partial charge is 0.232 e. The van der Waals surface area contributed by atoms with E-state index in [9.17, 15) is 4.79 Å². The maximum Gasteiger partial charge on any atom is 0.232 e. The first-order valence-electron chi connectivity index (χ1n) is 4.14. The Balaban J connectivity index is 0.000000980. The minimum Gasteiger partial charge on any atom is -0.300 e. The van der Waals surface area contributed by atoms with Gasteiger partial charge in [-0.05, 0) is 11.6 Å². The summed E-state index contributed by atoms with van der Waals surface area (Å²) in [5, 5.41) is 0. The fourth-order valence-electron chi connectivity index (χ4n) is 1.58. The lowest BCUT2D eigenvalue weighted by molar-refractivity contribution is -0.117. The van der Waals surface area contributed by atoms with E-state index in [1.54, 1.807) is 4.90 Å². The molecule has 0 N–H and O–H groups in total. The van der Waals surface area contributed by atoms with Crippen molar-refractivity contribution in [3.63, 3.8) is 0 Å². The van der Waals surface area contributed by atoms with E-state index in [-0.39, 0.29) is 13.3 Å². The van der Waals surface area contributed by atoms with E-state index in [0.29, 0.717) is 13.0 Å². The topological polar surface area (TPSA) is 20.3 Å². The zero-order valence-electron chi connectivity index (χ0n) is 7.16. The Hall–Kier alpha value is -1.75. The van der Waals surface area contributed by atoms with Gasteiger partial charge in [-0.15, -0.1) is 6.42 Å². The van der Waals surface area contributed by atoms with Crippen LogP contribution in [-0.2, 0) is 11.2 Å². The van der Waals surface area contributed by atoms with Crippen LogP contribution in [0.5, 0.6) is 0 Å². The maximum atomic E-state index is 11.5. The predicted molar refractivity (Wildman–Crippen MR) is 58.1 cm³/mol. The molecule has 0 aliphatic carbocycles. The Morgan fingerprint density at radius 2 is 2.14 bits per heavy atom. The molecule has 72 valence electrons. The second kappa shape index (κ2) is 3.97. The molecule has 1 amide bonds. The lowest BCUT2D eigenvalue weighted by Gasteiger charge is -2.12. The van der Waals surface area contributed by atoms with Crippen molar-refractivity contribution in [3.8, 4) is 12.3 Å². The predicted octanol–water partition coefficient (Wildman–Crippen LogP) is 1.85. The first-order chi connectivity index (χ1) is 6.33. The number of fused-ring (bicyclic) bond motifs is 1. The molecule has 0 radical (unpaired) electrons. The van der Waals surface area contributed by atoms with Crippen molar-refractivity contribution < 1.29 is 4.79 Å². The lowest BCUT2D eigenvalue weighted by atomic mass is 10.2. The molecule has 14 heavy (non-hydrogen) atoms. The van der Waals surface area contributed by atoms with Crippen LogP contribution in [0.3, 0.4) is 0 Å². The molecular formula is C12H13NO. The van der Waals surface area contributed by atoms with E-state index in [4.69, 9.17) is 6.42 Å². The average Bonchev–Trinajstić information content (AvgIpc) is 2.44. The van der Waals surface area contributed by atoms with Crippen LogP contribution < -0.4 is 4.90 Å². The molecule has 0 atom stereocenters. The highest BCUT2D eigenvalue weighted by Crippen LogP contribution is 2.27. The Kier molecular flexibility index (Phi) is 2.93. The molecule has 2 nitrogen and oxygen atoms in total. The molecule has 1 aliphatic heterocycles. The van der Waals surface area contributed by atoms with Gasteiger partial charge in [0.15, 0.2) is 0 Å². The number of rotatable bonds is 1. The van der Waals surface area contributed by atoms with Gasteiger partial charge < -0.3 is 4.90 Å². The Bertz CT molecular complexity index is 390. The van der Waals surface area contributed by atoms with Crippen molar-refractivity contribution in [1.29, 1.82) is 0 Å². The van der Waals surface area contributed by atoms with Crippen LogP contribution in [0.2, 0.25) is 0 Å². The number of carbonyl (C=O) groups is 1. The Morgan fingerprint density at radius 1 is 1.43 bits per heavy atom. The van der Waals surface area contributed by atoms with Crippen LogP contribution in [0.15, 0.2) is 24.3 Å². The van der Waals surface area contributed by atoms with Crippen LogP contribution in [-0.4, -0.2) is 12.5 Å². The molecule has 1 aliphatic rings. The molecule has 0 spiro atoms. The fourth-order valence-corrected chi connectivity index (χ4v) is 1.58. The van der Waals surface area contributed by atoms with Gasteiger partial charge in [-0.25, -0.2) is 0 Å². The lowest BCUT2D eigenvalue weighted by Crippen LogP contribution is -2.26. The Labute approximate surface area is 84.5 Å². The largest absolute Gasteiger partial charge is 0.300 e. The van der Waals surface area contributed by atoms with Crippen LogP contribution in [0, 0.1) is 12.3 Å². The summed E-state index contributed by atoms with van der Waals surface area (Å²) in [4.78, 5) is 13.1. The van der Waals surface area contributed by atoms with E-state index in [1.807, 2.05) is 24.3 Å². The third kappa shape index (κ3) is 1.49. The van der Waals surface area contributed by atoms with Gasteiger partial charge in [-0.3, -0.25) is 4.79 Å². The van der Waals surface area contributed by atoms with Crippen molar-refractivity contribution >= 4 is 11.6 Å². The molecule has 1 heterocycles. The molecule has 0 bridgehead atoms. The molecule has 2 heteroatoms. The van der Waals surface area contributed by atoms with Gasteiger partial charge in [0.05, 0.1) is 13.0 Å². The Morgan fingerprint density at radius 3 is 2.86 bits per heavy atom. The van der Waals surface area contributed by atoms with Gasteiger partial charge >= 0.3 is 0 Å². The molecule has 2 rings (SSSR count). The van der Waals surface area contributed by atoms with Crippen LogP contribution >= 0.6 is 0 Å². The van der Waals surface area contributed by atoms with Gasteiger partial charge in [0, 0.05) is 5.69 Å². The molecule has 0 aromatic heterocycles. The number of nitrogens with zero attached hydrogens (tertiary/aromatic N) is 1. The average molecular weight is 187 g/mol. The van der Waals surface area contributed by atoms with Gasteiger partial charge in [0.1, 0.15) is 0 Å². The van der Waals surface area contributed by atoms with Gasteiger partial charge in [-0.2, -0.15) is 0 Å². The van der Waals surface area contributed by atoms with Crippen molar-refractivity contribution in [3.05, 3.63) is 29.8 Å². The molecule has 1 aromatic carbocycles. The number of terminal acetylenes is 1. The molecular weight excluding hydrogens is 174 g/mol. The quantitative estimate of drug-likeness (QED) is 0.614. The minimum absolute atomic E-state index is 0. The highest BCUT2D eigenvalue weighted by molar-refractivity contribution is 6.01. The van der Waals surface area contributed by atoms with Crippen LogP contribution in [0.25, 0.3) is 0 Å². The molecule has 1 aromatic rings. The summed E-state index contributed by atoms with van der Waals surface area (Å²) in [6.45, 7) is 0.371. The molecule has 0 saturated heterocycles. The fraction of sp³-hybridized carbons (Fsp3) is 0.250. The van der Waals surface area contributed by atoms with Gasteiger partial charge in [0.2, 0.25) is 5.91 Å². The highest BCUT2D eigenvalue weighted by Gasteiger charge is 2.25. The summed E-state index contributed by atoms with van der Waals surface area (Å²) in [5.74, 6) is 2.58. The van der Waals surface area contributed by atoms with E-state index < -0.39 is 0 Å². The first kappa shape index (κ1) is 10.3.